The molecule has 18 heavy (non-hydrogen) atoms. The lowest BCUT2D eigenvalue weighted by molar-refractivity contribution is -0.114. The van der Waals surface area contributed by atoms with Crippen LogP contribution in [0.4, 0.5) is 5.69 Å². The van der Waals surface area contributed by atoms with E-state index in [9.17, 15) is 9.59 Å². The number of hydrogen-bond donors (Lipinski definition) is 2. The number of benzene rings is 1. The van der Waals surface area contributed by atoms with Gasteiger partial charge in [0.25, 0.3) is 0 Å². The predicted molar refractivity (Wildman–Crippen MR) is 75.2 cm³/mol. The van der Waals surface area contributed by atoms with Crippen molar-refractivity contribution < 1.29 is 9.21 Å². The zero-order chi connectivity index (χ0) is 12.4. The van der Waals surface area contributed by atoms with Crippen LogP contribution in [-0.4, -0.2) is 12.5 Å². The molecule has 0 radical (unpaired) electrons. The van der Waals surface area contributed by atoms with Crippen molar-refractivity contribution in [2.24, 2.45) is 5.73 Å². The third kappa shape index (κ3) is 2.96. The van der Waals surface area contributed by atoms with Gasteiger partial charge < -0.3 is 15.5 Å². The number of carbonyl (C=O) groups is 1. The van der Waals surface area contributed by atoms with Crippen molar-refractivity contribution in [2.45, 2.75) is 6.92 Å². The van der Waals surface area contributed by atoms with Gasteiger partial charge in [0, 0.05) is 23.2 Å². The Bertz CT molecular complexity index is 637. The van der Waals surface area contributed by atoms with Crippen LogP contribution in [0.5, 0.6) is 0 Å². The maximum Gasteiger partial charge on any atom is 0.336 e. The molecule has 0 aliphatic rings. The van der Waals surface area contributed by atoms with Crippen LogP contribution in [0.25, 0.3) is 11.0 Å². The minimum atomic E-state index is -0.405. The van der Waals surface area contributed by atoms with Crippen molar-refractivity contribution in [2.75, 3.05) is 11.9 Å². The molecule has 0 spiro atoms. The Hall–Kier alpha value is -1.66. The van der Waals surface area contributed by atoms with Gasteiger partial charge in [-0.2, -0.15) is 0 Å². The zero-order valence-electron chi connectivity index (χ0n) is 9.73. The van der Waals surface area contributed by atoms with Gasteiger partial charge in [-0.1, -0.05) is 0 Å². The largest absolute Gasteiger partial charge is 0.423 e. The summed E-state index contributed by atoms with van der Waals surface area (Å²) in [6, 6.07) is 6.57. The molecule has 0 aliphatic carbocycles. The number of carbonyl (C=O) groups excluding carboxylic acids is 1. The first-order valence-corrected chi connectivity index (χ1v) is 5.14. The van der Waals surface area contributed by atoms with Crippen molar-refractivity contribution in [1.29, 1.82) is 0 Å². The summed E-state index contributed by atoms with van der Waals surface area (Å²) in [5.41, 5.74) is 6.64. The van der Waals surface area contributed by atoms with Crippen molar-refractivity contribution in [1.82, 2.24) is 0 Å². The van der Waals surface area contributed by atoms with Crippen LogP contribution in [0.3, 0.4) is 0 Å². The third-order valence-corrected chi connectivity index (χ3v) is 2.42. The van der Waals surface area contributed by atoms with Gasteiger partial charge in [-0.3, -0.25) is 4.79 Å². The smallest absolute Gasteiger partial charge is 0.336 e. The molecule has 2 rings (SSSR count). The van der Waals surface area contributed by atoms with Gasteiger partial charge in [-0.05, 0) is 24.6 Å². The van der Waals surface area contributed by atoms with Crippen LogP contribution < -0.4 is 16.7 Å². The Balaban J connectivity index is 0.00000162. The second kappa shape index (κ2) is 5.79. The maximum atomic E-state index is 11.2. The van der Waals surface area contributed by atoms with Crippen molar-refractivity contribution in [3.05, 3.63) is 40.2 Å². The average molecular weight is 313 g/mol. The summed E-state index contributed by atoms with van der Waals surface area (Å²) in [5, 5.41) is 3.44. The van der Waals surface area contributed by atoms with E-state index in [1.54, 1.807) is 18.2 Å². The Morgan fingerprint density at radius 2 is 2.11 bits per heavy atom. The summed E-state index contributed by atoms with van der Waals surface area (Å²) in [6.07, 6.45) is 0. The van der Waals surface area contributed by atoms with Gasteiger partial charge >= 0.3 is 5.63 Å². The number of rotatable bonds is 2. The number of nitrogens with two attached hydrogens (primary N) is 1. The SMILES string of the molecule is Br.Cc1cc(=O)oc2cc(NC(=O)CN)ccc12. The van der Waals surface area contributed by atoms with E-state index < -0.39 is 5.63 Å². The van der Waals surface area contributed by atoms with E-state index in [2.05, 4.69) is 5.32 Å². The van der Waals surface area contributed by atoms with Crippen LogP contribution in [0.15, 0.2) is 33.5 Å². The van der Waals surface area contributed by atoms with Gasteiger partial charge in [-0.15, -0.1) is 17.0 Å². The van der Waals surface area contributed by atoms with Gasteiger partial charge in [-0.25, -0.2) is 4.79 Å². The summed E-state index contributed by atoms with van der Waals surface area (Å²) in [6.45, 7) is 1.74. The Morgan fingerprint density at radius 1 is 1.39 bits per heavy atom. The second-order valence-electron chi connectivity index (χ2n) is 3.71. The molecule has 5 nitrogen and oxygen atoms in total. The number of halogens is 1. The molecular weight excluding hydrogens is 300 g/mol. The number of amides is 1. The monoisotopic (exact) mass is 312 g/mol. The molecule has 1 amide bonds. The summed E-state index contributed by atoms with van der Waals surface area (Å²) in [7, 11) is 0. The average Bonchev–Trinajstić information content (AvgIpc) is 2.28. The summed E-state index contributed by atoms with van der Waals surface area (Å²) in [5.74, 6) is -0.292. The first-order valence-electron chi connectivity index (χ1n) is 5.14. The highest BCUT2D eigenvalue weighted by molar-refractivity contribution is 8.93. The van der Waals surface area contributed by atoms with Crippen molar-refractivity contribution in [3.63, 3.8) is 0 Å². The fraction of sp³-hybridized carbons (Fsp3) is 0.167. The molecule has 3 N–H and O–H groups in total. The van der Waals surface area contributed by atoms with Crippen molar-refractivity contribution >= 4 is 39.5 Å². The molecule has 6 heteroatoms. The van der Waals surface area contributed by atoms with E-state index in [0.717, 1.165) is 10.9 Å². The highest BCUT2D eigenvalue weighted by Gasteiger charge is 2.04. The Labute approximate surface area is 114 Å². The second-order valence-corrected chi connectivity index (χ2v) is 3.71. The van der Waals surface area contributed by atoms with Gasteiger partial charge in [0.15, 0.2) is 0 Å². The van der Waals surface area contributed by atoms with Crippen LogP contribution in [0.1, 0.15) is 5.56 Å². The van der Waals surface area contributed by atoms with Crippen molar-refractivity contribution in [3.8, 4) is 0 Å². The highest BCUT2D eigenvalue weighted by atomic mass is 79.9. The molecule has 1 heterocycles. The number of aryl methyl sites for hydroxylation is 1. The van der Waals surface area contributed by atoms with E-state index in [0.29, 0.717) is 11.3 Å². The molecule has 96 valence electrons. The number of nitrogens with one attached hydrogen (secondary N) is 1. The summed E-state index contributed by atoms with van der Waals surface area (Å²) >= 11 is 0. The summed E-state index contributed by atoms with van der Waals surface area (Å²) in [4.78, 5) is 22.3. The van der Waals surface area contributed by atoms with E-state index in [4.69, 9.17) is 10.2 Å². The quantitative estimate of drug-likeness (QED) is 0.824. The molecule has 0 aliphatic heterocycles. The standard InChI is InChI=1S/C12H12N2O3.BrH/c1-7-4-12(16)17-10-5-8(2-3-9(7)10)14-11(15)6-13;/h2-5H,6,13H2,1H3,(H,14,15);1H. The van der Waals surface area contributed by atoms with Gasteiger partial charge in [0.2, 0.25) is 5.91 Å². The lowest BCUT2D eigenvalue weighted by Gasteiger charge is -2.05. The highest BCUT2D eigenvalue weighted by Crippen LogP contribution is 2.20. The van der Waals surface area contributed by atoms with Crippen LogP contribution in [0, 0.1) is 6.92 Å². The maximum absolute atomic E-state index is 11.2. The van der Waals surface area contributed by atoms with E-state index in [-0.39, 0.29) is 29.4 Å². The zero-order valence-corrected chi connectivity index (χ0v) is 11.4. The first kappa shape index (κ1) is 14.4. The first-order chi connectivity index (χ1) is 8.10. The predicted octanol–water partition coefficient (Wildman–Crippen LogP) is 1.58. The van der Waals surface area contributed by atoms with Crippen LogP contribution in [-0.2, 0) is 4.79 Å². The van der Waals surface area contributed by atoms with Crippen LogP contribution >= 0.6 is 17.0 Å². The van der Waals surface area contributed by atoms with Gasteiger partial charge in [0.05, 0.1) is 6.54 Å². The molecular formula is C12H13BrN2O3. The molecule has 0 atom stereocenters. The number of hydrogen-bond acceptors (Lipinski definition) is 4. The fourth-order valence-electron chi connectivity index (χ4n) is 1.61. The van der Waals surface area contributed by atoms with E-state index >= 15 is 0 Å². The molecule has 2 aromatic rings. The minimum Gasteiger partial charge on any atom is -0.423 e. The van der Waals surface area contributed by atoms with Crippen LogP contribution in [0.2, 0.25) is 0 Å². The van der Waals surface area contributed by atoms with E-state index in [1.807, 2.05) is 6.92 Å². The molecule has 0 fully saturated rings. The molecule has 0 unspecified atom stereocenters. The molecule has 0 saturated carbocycles. The molecule has 0 bridgehead atoms. The fourth-order valence-corrected chi connectivity index (χ4v) is 1.61. The molecule has 0 saturated heterocycles. The number of anilines is 1. The number of fused-ring (bicyclic) bond motifs is 1. The normalized spacial score (nSPS) is 9.89. The molecule has 1 aromatic heterocycles. The third-order valence-electron chi connectivity index (χ3n) is 2.42. The molecule has 1 aromatic carbocycles. The Morgan fingerprint density at radius 3 is 2.78 bits per heavy atom. The lowest BCUT2D eigenvalue weighted by Crippen LogP contribution is -2.21. The topological polar surface area (TPSA) is 85.3 Å². The summed E-state index contributed by atoms with van der Waals surface area (Å²) < 4.78 is 5.06. The minimum absolute atomic E-state index is 0. The lowest BCUT2D eigenvalue weighted by atomic mass is 10.1. The Kier molecular flexibility index (Phi) is 4.63. The van der Waals surface area contributed by atoms with E-state index in [1.165, 1.54) is 6.07 Å². The van der Waals surface area contributed by atoms with Gasteiger partial charge in [0.1, 0.15) is 5.58 Å².